The molecule has 0 atom stereocenters. The zero-order valence-electron chi connectivity index (χ0n) is 19.7. The molecule has 4 aromatic carbocycles. The van der Waals surface area contributed by atoms with E-state index in [2.05, 4.69) is 60.7 Å². The van der Waals surface area contributed by atoms with Crippen molar-refractivity contribution in [2.75, 3.05) is 26.4 Å². The van der Waals surface area contributed by atoms with E-state index in [4.69, 9.17) is 19.7 Å². The Morgan fingerprint density at radius 3 is 1.77 bits per heavy atom. The van der Waals surface area contributed by atoms with Crippen LogP contribution >= 0.6 is 0 Å². The summed E-state index contributed by atoms with van der Waals surface area (Å²) >= 11 is 0. The minimum absolute atomic E-state index is 0.128. The number of fused-ring (bicyclic) bond motifs is 3. The van der Waals surface area contributed by atoms with Crippen molar-refractivity contribution in [1.82, 2.24) is 0 Å². The lowest BCUT2D eigenvalue weighted by atomic mass is 9.88. The molecule has 4 nitrogen and oxygen atoms in total. The fraction of sp³-hybridized carbons (Fsp3) is 0.226. The molecule has 2 N–H and O–H groups in total. The second-order valence-electron chi connectivity index (χ2n) is 8.75. The summed E-state index contributed by atoms with van der Waals surface area (Å²) in [6.45, 7) is 1.27. The SMILES string of the molecule is OCCCOc1ccc(-c2ccc3c(c2-c2ccc(OCCCO)cc2)Cc2ccccc2-3)cc1. The lowest BCUT2D eigenvalue weighted by Gasteiger charge is -2.17. The quantitative estimate of drug-likeness (QED) is 0.244. The Morgan fingerprint density at radius 2 is 1.14 bits per heavy atom. The van der Waals surface area contributed by atoms with E-state index in [9.17, 15) is 0 Å². The van der Waals surface area contributed by atoms with Gasteiger partial charge < -0.3 is 19.7 Å². The molecule has 1 aliphatic rings. The molecule has 35 heavy (non-hydrogen) atoms. The lowest BCUT2D eigenvalue weighted by Crippen LogP contribution is -2.00. The number of rotatable bonds is 10. The molecule has 5 rings (SSSR count). The van der Waals surface area contributed by atoms with Crippen molar-refractivity contribution in [3.63, 3.8) is 0 Å². The van der Waals surface area contributed by atoms with Crippen LogP contribution < -0.4 is 9.47 Å². The molecule has 178 valence electrons. The standard InChI is InChI=1S/C31H30O4/c32-17-3-19-34-25-11-7-22(8-12-25)28-15-16-29-27-6-2-1-5-24(27)21-30(29)31(28)23-9-13-26(14-10-23)35-20-4-18-33/h1-2,5-16,32-33H,3-4,17-21H2. The van der Waals surface area contributed by atoms with Crippen LogP contribution in [-0.4, -0.2) is 36.6 Å². The summed E-state index contributed by atoms with van der Waals surface area (Å²) < 4.78 is 11.5. The highest BCUT2D eigenvalue weighted by Crippen LogP contribution is 2.46. The van der Waals surface area contributed by atoms with Crippen LogP contribution in [0.1, 0.15) is 24.0 Å². The number of hydrogen-bond acceptors (Lipinski definition) is 4. The molecule has 4 aromatic rings. The third kappa shape index (κ3) is 4.95. The molecule has 1 aliphatic carbocycles. The highest BCUT2D eigenvalue weighted by molar-refractivity contribution is 5.93. The second-order valence-corrected chi connectivity index (χ2v) is 8.75. The maximum Gasteiger partial charge on any atom is 0.119 e. The summed E-state index contributed by atoms with van der Waals surface area (Å²) in [4.78, 5) is 0. The Hall–Kier alpha value is -3.60. The van der Waals surface area contributed by atoms with Gasteiger partial charge in [-0.3, -0.25) is 0 Å². The van der Waals surface area contributed by atoms with E-state index < -0.39 is 0 Å². The largest absolute Gasteiger partial charge is 0.494 e. The van der Waals surface area contributed by atoms with E-state index in [1.54, 1.807) is 0 Å². The molecule has 0 saturated heterocycles. The fourth-order valence-corrected chi connectivity index (χ4v) is 4.74. The fourth-order valence-electron chi connectivity index (χ4n) is 4.74. The van der Waals surface area contributed by atoms with E-state index in [0.717, 1.165) is 29.0 Å². The summed E-state index contributed by atoms with van der Waals surface area (Å²) in [6, 6.07) is 29.6. The lowest BCUT2D eigenvalue weighted by molar-refractivity contribution is 0.233. The molecule has 4 heteroatoms. The van der Waals surface area contributed by atoms with E-state index in [-0.39, 0.29) is 13.2 Å². The average Bonchev–Trinajstić information content (AvgIpc) is 3.28. The normalized spacial score (nSPS) is 11.7. The average molecular weight is 467 g/mol. The third-order valence-electron chi connectivity index (χ3n) is 6.44. The Kier molecular flexibility index (Phi) is 7.12. The van der Waals surface area contributed by atoms with Crippen LogP contribution in [0.4, 0.5) is 0 Å². The highest BCUT2D eigenvalue weighted by Gasteiger charge is 2.24. The molecule has 0 aromatic heterocycles. The van der Waals surface area contributed by atoms with Crippen molar-refractivity contribution in [2.24, 2.45) is 0 Å². The van der Waals surface area contributed by atoms with Gasteiger partial charge in [0.15, 0.2) is 0 Å². The monoisotopic (exact) mass is 466 g/mol. The van der Waals surface area contributed by atoms with Gasteiger partial charge in [-0.2, -0.15) is 0 Å². The van der Waals surface area contributed by atoms with Gasteiger partial charge in [0.2, 0.25) is 0 Å². The van der Waals surface area contributed by atoms with E-state index >= 15 is 0 Å². The van der Waals surface area contributed by atoms with Gasteiger partial charge in [-0.25, -0.2) is 0 Å². The van der Waals surface area contributed by atoms with Gasteiger partial charge in [0.05, 0.1) is 13.2 Å². The number of hydrogen-bond donors (Lipinski definition) is 2. The van der Waals surface area contributed by atoms with Crippen molar-refractivity contribution in [2.45, 2.75) is 19.3 Å². The van der Waals surface area contributed by atoms with Gasteiger partial charge >= 0.3 is 0 Å². The molecule has 0 aliphatic heterocycles. The van der Waals surface area contributed by atoms with Crippen molar-refractivity contribution in [1.29, 1.82) is 0 Å². The van der Waals surface area contributed by atoms with Gasteiger partial charge in [-0.15, -0.1) is 0 Å². The first kappa shape index (κ1) is 23.2. The van der Waals surface area contributed by atoms with Crippen LogP contribution in [0.15, 0.2) is 84.9 Å². The van der Waals surface area contributed by atoms with Gasteiger partial charge in [0.25, 0.3) is 0 Å². The predicted octanol–water partition coefficient (Wildman–Crippen LogP) is 6.11. The van der Waals surface area contributed by atoms with E-state index in [1.165, 1.54) is 33.4 Å². The number of benzene rings is 4. The van der Waals surface area contributed by atoms with Gasteiger partial charge in [0.1, 0.15) is 11.5 Å². The van der Waals surface area contributed by atoms with Gasteiger partial charge in [-0.1, -0.05) is 60.7 Å². The molecule has 0 heterocycles. The summed E-state index contributed by atoms with van der Waals surface area (Å²) in [7, 11) is 0. The first-order chi connectivity index (χ1) is 17.3. The van der Waals surface area contributed by atoms with Crippen molar-refractivity contribution in [3.05, 3.63) is 96.1 Å². The zero-order valence-corrected chi connectivity index (χ0v) is 19.7. The summed E-state index contributed by atoms with van der Waals surface area (Å²) in [6.07, 6.45) is 2.15. The minimum Gasteiger partial charge on any atom is -0.494 e. The van der Waals surface area contributed by atoms with E-state index in [0.29, 0.717) is 26.1 Å². The Morgan fingerprint density at radius 1 is 0.571 bits per heavy atom. The topological polar surface area (TPSA) is 58.9 Å². The first-order valence-electron chi connectivity index (χ1n) is 12.2. The molecule has 0 spiro atoms. The maximum atomic E-state index is 9.01. The van der Waals surface area contributed by atoms with Crippen LogP contribution in [-0.2, 0) is 6.42 Å². The van der Waals surface area contributed by atoms with Crippen molar-refractivity contribution >= 4 is 0 Å². The molecule has 0 fully saturated rings. The van der Waals surface area contributed by atoms with Gasteiger partial charge in [-0.05, 0) is 75.2 Å². The van der Waals surface area contributed by atoms with Crippen LogP contribution in [0.3, 0.4) is 0 Å². The maximum absolute atomic E-state index is 9.01. The smallest absolute Gasteiger partial charge is 0.119 e. The van der Waals surface area contributed by atoms with Gasteiger partial charge in [0, 0.05) is 26.1 Å². The zero-order chi connectivity index (χ0) is 24.0. The molecule has 0 saturated carbocycles. The predicted molar refractivity (Wildman–Crippen MR) is 140 cm³/mol. The third-order valence-corrected chi connectivity index (χ3v) is 6.44. The summed E-state index contributed by atoms with van der Waals surface area (Å²) in [5, 5.41) is 18.0. The minimum atomic E-state index is 0.128. The number of aliphatic hydroxyl groups excluding tert-OH is 2. The summed E-state index contributed by atoms with van der Waals surface area (Å²) in [5.41, 5.74) is 10.0. The van der Waals surface area contributed by atoms with Crippen LogP contribution in [0.2, 0.25) is 0 Å². The first-order valence-corrected chi connectivity index (χ1v) is 12.2. The Balaban J connectivity index is 1.54. The molecule has 0 unspecified atom stereocenters. The highest BCUT2D eigenvalue weighted by atomic mass is 16.5. The van der Waals surface area contributed by atoms with E-state index in [1.807, 2.05) is 24.3 Å². The van der Waals surface area contributed by atoms with Crippen molar-refractivity contribution < 1.29 is 19.7 Å². The molecular weight excluding hydrogens is 436 g/mol. The van der Waals surface area contributed by atoms with Crippen LogP contribution in [0.5, 0.6) is 11.5 Å². The second kappa shape index (κ2) is 10.8. The Bertz CT molecular complexity index is 1280. The molecule has 0 radical (unpaired) electrons. The Labute approximate surface area is 206 Å². The van der Waals surface area contributed by atoms with Crippen LogP contribution in [0, 0.1) is 0 Å². The molecule has 0 amide bonds. The molecule has 0 bridgehead atoms. The summed E-state index contributed by atoms with van der Waals surface area (Å²) in [5.74, 6) is 1.62. The van der Waals surface area contributed by atoms with Crippen molar-refractivity contribution in [3.8, 4) is 44.9 Å². The number of ether oxygens (including phenoxy) is 2. The molecular formula is C31H30O4. The number of aliphatic hydroxyl groups is 2. The van der Waals surface area contributed by atoms with Crippen LogP contribution in [0.25, 0.3) is 33.4 Å².